The van der Waals surface area contributed by atoms with Crippen molar-refractivity contribution in [3.05, 3.63) is 24.0 Å². The van der Waals surface area contributed by atoms with E-state index < -0.39 is 15.8 Å². The molecule has 1 aromatic rings. The Morgan fingerprint density at radius 2 is 2.11 bits per heavy atom. The van der Waals surface area contributed by atoms with E-state index in [2.05, 4.69) is 10.0 Å². The van der Waals surface area contributed by atoms with Crippen molar-refractivity contribution in [3.63, 3.8) is 0 Å². The van der Waals surface area contributed by atoms with Crippen molar-refractivity contribution in [2.24, 2.45) is 0 Å². The maximum Gasteiger partial charge on any atom is 0.232 e. The van der Waals surface area contributed by atoms with Gasteiger partial charge in [-0.2, -0.15) is 0 Å². The van der Waals surface area contributed by atoms with Crippen molar-refractivity contribution in [3.8, 4) is 5.75 Å². The average Bonchev–Trinajstić information content (AvgIpc) is 2.32. The van der Waals surface area contributed by atoms with Gasteiger partial charge in [-0.15, -0.1) is 0 Å². The first kappa shape index (κ1) is 14.7. The van der Waals surface area contributed by atoms with Crippen LogP contribution in [0.5, 0.6) is 5.75 Å². The molecule has 5 nitrogen and oxygen atoms in total. The lowest BCUT2D eigenvalue weighted by atomic mass is 10.3. The number of hydrogen-bond acceptors (Lipinski definition) is 4. The Morgan fingerprint density at radius 3 is 2.72 bits per heavy atom. The van der Waals surface area contributed by atoms with Gasteiger partial charge in [0.05, 0.1) is 18.6 Å². The number of benzene rings is 1. The molecular weight excluding hydrogens is 259 g/mol. The summed E-state index contributed by atoms with van der Waals surface area (Å²) in [6.07, 6.45) is 0.456. The Hall–Kier alpha value is -1.34. The lowest BCUT2D eigenvalue weighted by Gasteiger charge is -2.10. The number of methoxy groups -OCH3 is 1. The highest BCUT2D eigenvalue weighted by atomic mass is 32.2. The van der Waals surface area contributed by atoms with Crippen LogP contribution in [-0.4, -0.2) is 34.9 Å². The van der Waals surface area contributed by atoms with Gasteiger partial charge in [-0.1, -0.05) is 0 Å². The van der Waals surface area contributed by atoms with Gasteiger partial charge in [0.25, 0.3) is 0 Å². The van der Waals surface area contributed by atoms with Crippen LogP contribution in [0.2, 0.25) is 0 Å². The van der Waals surface area contributed by atoms with Crippen LogP contribution in [0, 0.1) is 5.82 Å². The number of anilines is 1. The van der Waals surface area contributed by atoms with Gasteiger partial charge in [0.15, 0.2) is 0 Å². The molecule has 1 rings (SSSR count). The number of halogens is 1. The molecule has 0 saturated carbocycles. The normalized spacial score (nSPS) is 11.3. The molecule has 102 valence electrons. The summed E-state index contributed by atoms with van der Waals surface area (Å²) in [4.78, 5) is 0. The van der Waals surface area contributed by atoms with E-state index in [1.165, 1.54) is 19.2 Å². The summed E-state index contributed by atoms with van der Waals surface area (Å²) in [6.45, 7) is 0.585. The smallest absolute Gasteiger partial charge is 0.232 e. The van der Waals surface area contributed by atoms with Gasteiger partial charge in [0.2, 0.25) is 10.0 Å². The SMILES string of the molecule is CNCCCS(=O)(=O)Nc1cc(OC)ccc1F. The van der Waals surface area contributed by atoms with Crippen LogP contribution in [0.1, 0.15) is 6.42 Å². The Balaban J connectivity index is 2.76. The van der Waals surface area contributed by atoms with Crippen molar-refractivity contribution < 1.29 is 17.5 Å². The van der Waals surface area contributed by atoms with E-state index in [4.69, 9.17) is 4.74 Å². The summed E-state index contributed by atoms with van der Waals surface area (Å²) >= 11 is 0. The molecule has 1 aromatic carbocycles. The van der Waals surface area contributed by atoms with Crippen LogP contribution >= 0.6 is 0 Å². The van der Waals surface area contributed by atoms with Gasteiger partial charge in [-0.25, -0.2) is 12.8 Å². The molecule has 0 aliphatic carbocycles. The first-order valence-corrected chi connectivity index (χ1v) is 7.12. The summed E-state index contributed by atoms with van der Waals surface area (Å²) in [5, 5.41) is 2.85. The average molecular weight is 276 g/mol. The topological polar surface area (TPSA) is 67.4 Å². The molecule has 0 saturated heterocycles. The first-order chi connectivity index (χ1) is 8.48. The zero-order valence-corrected chi connectivity index (χ0v) is 11.2. The molecule has 0 atom stereocenters. The first-order valence-electron chi connectivity index (χ1n) is 5.47. The Kier molecular flexibility index (Phi) is 5.36. The molecule has 7 heteroatoms. The Labute approximate surface area is 106 Å². The maximum atomic E-state index is 13.4. The van der Waals surface area contributed by atoms with Crippen molar-refractivity contribution in [1.29, 1.82) is 0 Å². The summed E-state index contributed by atoms with van der Waals surface area (Å²) in [7, 11) is -0.373. The fourth-order valence-corrected chi connectivity index (χ4v) is 2.49. The molecule has 0 heterocycles. The van der Waals surface area contributed by atoms with Gasteiger partial charge in [-0.3, -0.25) is 4.72 Å². The number of ether oxygens (including phenoxy) is 1. The quantitative estimate of drug-likeness (QED) is 0.734. The summed E-state index contributed by atoms with van der Waals surface area (Å²) < 4.78 is 43.9. The second-order valence-corrected chi connectivity index (χ2v) is 5.57. The number of sulfonamides is 1. The van der Waals surface area contributed by atoms with Crippen LogP contribution in [0.25, 0.3) is 0 Å². The zero-order valence-electron chi connectivity index (χ0n) is 10.4. The maximum absolute atomic E-state index is 13.4. The van der Waals surface area contributed by atoms with Crippen LogP contribution in [0.3, 0.4) is 0 Å². The van der Waals surface area contributed by atoms with E-state index in [-0.39, 0.29) is 11.4 Å². The highest BCUT2D eigenvalue weighted by Gasteiger charge is 2.13. The monoisotopic (exact) mass is 276 g/mol. The van der Waals surface area contributed by atoms with Crippen LogP contribution < -0.4 is 14.8 Å². The van der Waals surface area contributed by atoms with E-state index >= 15 is 0 Å². The number of nitrogens with one attached hydrogen (secondary N) is 2. The van der Waals surface area contributed by atoms with Gasteiger partial charge in [-0.05, 0) is 32.1 Å². The largest absolute Gasteiger partial charge is 0.497 e. The third kappa shape index (κ3) is 4.50. The predicted octanol–water partition coefficient (Wildman–Crippen LogP) is 1.19. The van der Waals surface area contributed by atoms with E-state index in [0.717, 1.165) is 6.07 Å². The zero-order chi connectivity index (χ0) is 13.6. The highest BCUT2D eigenvalue weighted by Crippen LogP contribution is 2.22. The van der Waals surface area contributed by atoms with Gasteiger partial charge >= 0.3 is 0 Å². The van der Waals surface area contributed by atoms with Gasteiger partial charge in [0.1, 0.15) is 11.6 Å². The highest BCUT2D eigenvalue weighted by molar-refractivity contribution is 7.92. The van der Waals surface area contributed by atoms with E-state index in [1.807, 2.05) is 0 Å². The van der Waals surface area contributed by atoms with Crippen molar-refractivity contribution in [1.82, 2.24) is 5.32 Å². The molecular formula is C11H17FN2O3S. The summed E-state index contributed by atoms with van der Waals surface area (Å²) in [5.74, 6) is -0.304. The summed E-state index contributed by atoms with van der Waals surface area (Å²) in [5.41, 5.74) is -0.0983. The molecule has 0 fully saturated rings. The second-order valence-electron chi connectivity index (χ2n) is 3.72. The minimum Gasteiger partial charge on any atom is -0.497 e. The standard InChI is InChI=1S/C11H17FN2O3S/c1-13-6-3-7-18(15,16)14-11-8-9(17-2)4-5-10(11)12/h4-5,8,13-14H,3,6-7H2,1-2H3. The molecule has 2 N–H and O–H groups in total. The van der Waals surface area contributed by atoms with Gasteiger partial charge in [0, 0.05) is 6.07 Å². The molecule has 0 aliphatic heterocycles. The third-order valence-electron chi connectivity index (χ3n) is 2.28. The second kappa shape index (κ2) is 6.55. The summed E-state index contributed by atoms with van der Waals surface area (Å²) in [6, 6.07) is 3.89. The van der Waals surface area contributed by atoms with Crippen molar-refractivity contribution >= 4 is 15.7 Å². The molecule has 0 radical (unpaired) electrons. The van der Waals surface area contributed by atoms with Gasteiger partial charge < -0.3 is 10.1 Å². The van der Waals surface area contributed by atoms with Crippen molar-refractivity contribution in [2.45, 2.75) is 6.42 Å². The predicted molar refractivity (Wildman–Crippen MR) is 68.9 cm³/mol. The number of rotatable bonds is 7. The van der Waals surface area contributed by atoms with E-state index in [9.17, 15) is 12.8 Å². The fraction of sp³-hybridized carbons (Fsp3) is 0.455. The van der Waals surface area contributed by atoms with Crippen LogP contribution in [0.4, 0.5) is 10.1 Å². The molecule has 0 bridgehead atoms. The third-order valence-corrected chi connectivity index (χ3v) is 3.64. The van der Waals surface area contributed by atoms with E-state index in [0.29, 0.717) is 18.7 Å². The molecule has 18 heavy (non-hydrogen) atoms. The Morgan fingerprint density at radius 1 is 1.39 bits per heavy atom. The van der Waals surface area contributed by atoms with E-state index in [1.54, 1.807) is 7.05 Å². The molecule has 0 amide bonds. The van der Waals surface area contributed by atoms with Crippen molar-refractivity contribution in [2.75, 3.05) is 31.2 Å². The molecule has 0 spiro atoms. The van der Waals surface area contributed by atoms with Crippen LogP contribution in [0.15, 0.2) is 18.2 Å². The molecule has 0 unspecified atom stereocenters. The Bertz CT molecular complexity index is 491. The molecule has 0 aromatic heterocycles. The minimum absolute atomic E-state index is 0.0650. The lowest BCUT2D eigenvalue weighted by molar-refractivity contribution is 0.414. The fourth-order valence-electron chi connectivity index (χ4n) is 1.37. The molecule has 0 aliphatic rings. The lowest BCUT2D eigenvalue weighted by Crippen LogP contribution is -2.20. The van der Waals surface area contributed by atoms with Crippen LogP contribution in [-0.2, 0) is 10.0 Å². The number of hydrogen-bond donors (Lipinski definition) is 2. The minimum atomic E-state index is -3.54.